The highest BCUT2D eigenvalue weighted by molar-refractivity contribution is 5.45. The Morgan fingerprint density at radius 1 is 1.10 bits per heavy atom. The second-order valence-corrected chi connectivity index (χ2v) is 5.39. The molecular formula is C18H24N2O. The van der Waals surface area contributed by atoms with Crippen LogP contribution in [0.15, 0.2) is 48.5 Å². The Morgan fingerprint density at radius 3 is 2.67 bits per heavy atom. The van der Waals surface area contributed by atoms with Gasteiger partial charge in [0.2, 0.25) is 0 Å². The van der Waals surface area contributed by atoms with Crippen molar-refractivity contribution in [3.8, 4) is 5.75 Å². The number of hydrogen-bond acceptors (Lipinski definition) is 3. The van der Waals surface area contributed by atoms with E-state index in [1.54, 1.807) is 7.11 Å². The number of ether oxygens (including phenoxy) is 1. The van der Waals surface area contributed by atoms with E-state index in [9.17, 15) is 0 Å². The van der Waals surface area contributed by atoms with Gasteiger partial charge in [-0.15, -0.1) is 0 Å². The number of nitrogens with one attached hydrogen (secondary N) is 1. The zero-order chi connectivity index (χ0) is 15.1. The molecule has 0 radical (unpaired) electrons. The van der Waals surface area contributed by atoms with Gasteiger partial charge in [0, 0.05) is 25.3 Å². The van der Waals surface area contributed by atoms with E-state index in [2.05, 4.69) is 60.6 Å². The average molecular weight is 284 g/mol. The summed E-state index contributed by atoms with van der Waals surface area (Å²) in [6.45, 7) is 4.96. The largest absolute Gasteiger partial charge is 0.497 e. The number of rotatable bonds is 7. The molecular weight excluding hydrogens is 260 g/mol. The minimum atomic E-state index is 0.916. The predicted molar refractivity (Wildman–Crippen MR) is 89.0 cm³/mol. The first-order valence-electron chi connectivity index (χ1n) is 7.29. The molecule has 1 N–H and O–H groups in total. The van der Waals surface area contributed by atoms with Crippen LogP contribution in [0.5, 0.6) is 5.75 Å². The van der Waals surface area contributed by atoms with Crippen molar-refractivity contribution < 1.29 is 4.74 Å². The molecule has 0 atom stereocenters. The van der Waals surface area contributed by atoms with Crippen molar-refractivity contribution in [3.05, 3.63) is 59.7 Å². The maximum Gasteiger partial charge on any atom is 0.119 e. The molecule has 0 saturated carbocycles. The normalized spacial score (nSPS) is 10.7. The van der Waals surface area contributed by atoms with Crippen LogP contribution in [0.25, 0.3) is 0 Å². The van der Waals surface area contributed by atoms with Crippen molar-refractivity contribution in [3.63, 3.8) is 0 Å². The van der Waals surface area contributed by atoms with Gasteiger partial charge in [-0.25, -0.2) is 0 Å². The lowest BCUT2D eigenvalue weighted by Crippen LogP contribution is -2.24. The SMILES string of the molecule is COc1cccc(CN(C)CCNc2cccc(C)c2)c1. The van der Waals surface area contributed by atoms with Crippen LogP contribution in [0.4, 0.5) is 5.69 Å². The van der Waals surface area contributed by atoms with Crippen LogP contribution in [0.1, 0.15) is 11.1 Å². The maximum absolute atomic E-state index is 5.26. The molecule has 2 aromatic rings. The number of methoxy groups -OCH3 is 1. The first kappa shape index (κ1) is 15.4. The predicted octanol–water partition coefficient (Wildman–Crippen LogP) is 3.55. The van der Waals surface area contributed by atoms with Crippen molar-refractivity contribution in [1.82, 2.24) is 4.90 Å². The van der Waals surface area contributed by atoms with Gasteiger partial charge < -0.3 is 15.0 Å². The molecule has 0 unspecified atom stereocenters. The van der Waals surface area contributed by atoms with E-state index >= 15 is 0 Å². The molecule has 0 aliphatic carbocycles. The molecule has 0 aliphatic heterocycles. The molecule has 0 bridgehead atoms. The average Bonchev–Trinajstić information content (AvgIpc) is 2.47. The third kappa shape index (κ3) is 5.12. The lowest BCUT2D eigenvalue weighted by Gasteiger charge is -2.18. The van der Waals surface area contributed by atoms with E-state index in [-0.39, 0.29) is 0 Å². The third-order valence-corrected chi connectivity index (χ3v) is 3.43. The Balaban J connectivity index is 1.78. The van der Waals surface area contributed by atoms with Gasteiger partial charge in [0.1, 0.15) is 5.75 Å². The van der Waals surface area contributed by atoms with Crippen molar-refractivity contribution in [2.24, 2.45) is 0 Å². The highest BCUT2D eigenvalue weighted by Gasteiger charge is 2.02. The molecule has 3 nitrogen and oxygen atoms in total. The van der Waals surface area contributed by atoms with E-state index in [1.165, 1.54) is 16.8 Å². The Kier molecular flexibility index (Phi) is 5.64. The first-order chi connectivity index (χ1) is 10.2. The van der Waals surface area contributed by atoms with Crippen molar-refractivity contribution >= 4 is 5.69 Å². The van der Waals surface area contributed by atoms with Gasteiger partial charge in [0.05, 0.1) is 7.11 Å². The van der Waals surface area contributed by atoms with Crippen LogP contribution < -0.4 is 10.1 Å². The number of benzene rings is 2. The summed E-state index contributed by atoms with van der Waals surface area (Å²) in [7, 11) is 3.84. The van der Waals surface area contributed by atoms with Gasteiger partial charge in [0.25, 0.3) is 0 Å². The van der Waals surface area contributed by atoms with Gasteiger partial charge >= 0.3 is 0 Å². The monoisotopic (exact) mass is 284 g/mol. The van der Waals surface area contributed by atoms with Crippen LogP contribution in [-0.2, 0) is 6.54 Å². The minimum absolute atomic E-state index is 0.916. The summed E-state index contributed by atoms with van der Waals surface area (Å²) >= 11 is 0. The zero-order valence-corrected chi connectivity index (χ0v) is 13.1. The van der Waals surface area contributed by atoms with Crippen LogP contribution in [0.3, 0.4) is 0 Å². The molecule has 2 rings (SSSR count). The summed E-state index contributed by atoms with van der Waals surface area (Å²) in [6, 6.07) is 16.7. The van der Waals surface area contributed by atoms with Crippen LogP contribution in [0, 0.1) is 6.92 Å². The third-order valence-electron chi connectivity index (χ3n) is 3.43. The van der Waals surface area contributed by atoms with Gasteiger partial charge in [-0.3, -0.25) is 0 Å². The highest BCUT2D eigenvalue weighted by atomic mass is 16.5. The van der Waals surface area contributed by atoms with Crippen molar-refractivity contribution in [2.45, 2.75) is 13.5 Å². The zero-order valence-electron chi connectivity index (χ0n) is 13.1. The molecule has 0 heterocycles. The second kappa shape index (κ2) is 7.70. The van der Waals surface area contributed by atoms with Gasteiger partial charge in [-0.05, 0) is 49.4 Å². The molecule has 0 aliphatic rings. The fraction of sp³-hybridized carbons (Fsp3) is 0.333. The van der Waals surface area contributed by atoms with E-state index in [0.29, 0.717) is 0 Å². The van der Waals surface area contributed by atoms with Gasteiger partial charge in [-0.1, -0.05) is 24.3 Å². The lowest BCUT2D eigenvalue weighted by molar-refractivity contribution is 0.338. The number of hydrogen-bond donors (Lipinski definition) is 1. The molecule has 0 fully saturated rings. The standard InChI is InChI=1S/C18H24N2O/c1-15-6-4-8-17(12-15)19-10-11-20(2)14-16-7-5-9-18(13-16)21-3/h4-9,12-13,19H,10-11,14H2,1-3H3. The van der Waals surface area contributed by atoms with E-state index in [1.807, 2.05) is 12.1 Å². The summed E-state index contributed by atoms with van der Waals surface area (Å²) in [4.78, 5) is 2.30. The first-order valence-corrected chi connectivity index (χ1v) is 7.29. The topological polar surface area (TPSA) is 24.5 Å². The number of anilines is 1. The molecule has 21 heavy (non-hydrogen) atoms. The fourth-order valence-electron chi connectivity index (χ4n) is 2.31. The van der Waals surface area contributed by atoms with E-state index in [0.717, 1.165) is 25.4 Å². The van der Waals surface area contributed by atoms with Gasteiger partial charge in [-0.2, -0.15) is 0 Å². The molecule has 0 saturated heterocycles. The smallest absolute Gasteiger partial charge is 0.119 e. The van der Waals surface area contributed by atoms with Crippen LogP contribution in [-0.4, -0.2) is 32.1 Å². The second-order valence-electron chi connectivity index (χ2n) is 5.39. The number of nitrogens with zero attached hydrogens (tertiary/aromatic N) is 1. The van der Waals surface area contributed by atoms with E-state index in [4.69, 9.17) is 4.74 Å². The Hall–Kier alpha value is -2.00. The summed E-state index contributed by atoms with van der Waals surface area (Å²) in [5.41, 5.74) is 3.74. The Bertz CT molecular complexity index is 569. The molecule has 112 valence electrons. The summed E-state index contributed by atoms with van der Waals surface area (Å²) < 4.78 is 5.26. The quantitative estimate of drug-likeness (QED) is 0.841. The Labute approximate surface area is 127 Å². The van der Waals surface area contributed by atoms with Crippen molar-refractivity contribution in [2.75, 3.05) is 32.6 Å². The highest BCUT2D eigenvalue weighted by Crippen LogP contribution is 2.14. The lowest BCUT2D eigenvalue weighted by atomic mass is 10.2. The summed E-state index contributed by atoms with van der Waals surface area (Å²) in [6.07, 6.45) is 0. The number of aryl methyl sites for hydroxylation is 1. The van der Waals surface area contributed by atoms with E-state index < -0.39 is 0 Å². The molecule has 2 aromatic carbocycles. The Morgan fingerprint density at radius 2 is 1.90 bits per heavy atom. The van der Waals surface area contributed by atoms with Crippen LogP contribution in [0.2, 0.25) is 0 Å². The molecule has 3 heteroatoms. The van der Waals surface area contributed by atoms with Crippen molar-refractivity contribution in [1.29, 1.82) is 0 Å². The maximum atomic E-state index is 5.26. The van der Waals surface area contributed by atoms with Crippen LogP contribution >= 0.6 is 0 Å². The minimum Gasteiger partial charge on any atom is -0.497 e. The molecule has 0 spiro atoms. The number of likely N-dealkylation sites (N-methyl/N-ethyl adjacent to an activating group) is 1. The molecule has 0 aromatic heterocycles. The van der Waals surface area contributed by atoms with Gasteiger partial charge in [0.15, 0.2) is 0 Å². The molecule has 0 amide bonds. The fourth-order valence-corrected chi connectivity index (χ4v) is 2.31. The summed E-state index contributed by atoms with van der Waals surface area (Å²) in [5.74, 6) is 0.916. The summed E-state index contributed by atoms with van der Waals surface area (Å²) in [5, 5.41) is 3.46.